The molecule has 2 aromatic rings. The number of benzene rings is 1. The molecule has 0 saturated heterocycles. The Bertz CT molecular complexity index is 1230. The van der Waals surface area contributed by atoms with Crippen molar-refractivity contribution < 1.29 is 9.59 Å². The van der Waals surface area contributed by atoms with Crippen LogP contribution in [0.1, 0.15) is 37.8 Å². The number of unbranched alkanes of at least 4 members (excludes halogenated alkanes) is 1. The summed E-state index contributed by atoms with van der Waals surface area (Å²) in [4.78, 5) is 36.9. The second-order valence-electron chi connectivity index (χ2n) is 9.09. The maximum Gasteiger partial charge on any atom is 0.246 e. The predicted octanol–water partition coefficient (Wildman–Crippen LogP) is 2.44. The quantitative estimate of drug-likeness (QED) is 0.0865. The average Bonchev–Trinajstić information content (AvgIpc) is 2.90. The molecule has 2 amide bonds. The molecule has 2 rings (SSSR count). The number of carbonyl (C=O) groups is 2. The summed E-state index contributed by atoms with van der Waals surface area (Å²) in [6.07, 6.45) is 7.34. The third-order valence-corrected chi connectivity index (χ3v) is 5.67. The molecule has 208 valence electrons. The van der Waals surface area contributed by atoms with Gasteiger partial charge in [-0.1, -0.05) is 17.9 Å². The molecule has 1 atom stereocenters. The van der Waals surface area contributed by atoms with Gasteiger partial charge in [0.1, 0.15) is 11.9 Å². The molecule has 0 aliphatic rings. The lowest BCUT2D eigenvalue weighted by molar-refractivity contribution is -0.135. The van der Waals surface area contributed by atoms with Crippen molar-refractivity contribution in [1.82, 2.24) is 25.1 Å². The molecular formula is C28H39N9O2. The predicted molar refractivity (Wildman–Crippen MR) is 157 cm³/mol. The number of nitrogens with two attached hydrogens (primary N) is 1. The highest BCUT2D eigenvalue weighted by Crippen LogP contribution is 2.21. The van der Waals surface area contributed by atoms with Crippen molar-refractivity contribution in [3.05, 3.63) is 47.7 Å². The number of aromatic nitrogens is 2. The lowest BCUT2D eigenvalue weighted by Crippen LogP contribution is -2.45. The molecule has 0 radical (unpaired) electrons. The van der Waals surface area contributed by atoms with Gasteiger partial charge in [0.15, 0.2) is 0 Å². The summed E-state index contributed by atoms with van der Waals surface area (Å²) >= 11 is 0. The van der Waals surface area contributed by atoms with Gasteiger partial charge >= 0.3 is 0 Å². The number of nitrogen functional groups attached to an aromatic ring is 1. The van der Waals surface area contributed by atoms with Gasteiger partial charge in [-0.05, 0) is 52.6 Å². The minimum atomic E-state index is -0.579. The number of nitrogens with one attached hydrogen (secondary N) is 4. The maximum atomic E-state index is 12.4. The molecule has 11 heteroatoms. The van der Waals surface area contributed by atoms with Gasteiger partial charge in [-0.25, -0.2) is 4.98 Å². The third-order valence-electron chi connectivity index (χ3n) is 5.67. The van der Waals surface area contributed by atoms with E-state index in [9.17, 15) is 9.59 Å². The Morgan fingerprint density at radius 3 is 2.69 bits per heavy atom. The minimum Gasteiger partial charge on any atom is -0.398 e. The largest absolute Gasteiger partial charge is 0.398 e. The normalized spacial score (nSPS) is 11.4. The summed E-state index contributed by atoms with van der Waals surface area (Å²) in [6.45, 7) is 5.45. The van der Waals surface area contributed by atoms with Crippen molar-refractivity contribution in [2.45, 2.75) is 32.7 Å². The van der Waals surface area contributed by atoms with Gasteiger partial charge in [-0.15, -0.1) is 0 Å². The zero-order valence-corrected chi connectivity index (χ0v) is 23.3. The number of hydrogen-bond donors (Lipinski definition) is 5. The van der Waals surface area contributed by atoms with Crippen molar-refractivity contribution in [3.63, 3.8) is 0 Å². The van der Waals surface area contributed by atoms with Crippen molar-refractivity contribution in [2.24, 2.45) is 0 Å². The van der Waals surface area contributed by atoms with Crippen molar-refractivity contribution in [2.75, 3.05) is 57.1 Å². The fraction of sp³-hybridized carbons (Fsp3) is 0.393. The van der Waals surface area contributed by atoms with Gasteiger partial charge in [0.05, 0.1) is 11.8 Å². The molecule has 0 aliphatic heterocycles. The number of carbonyl (C=O) groups excluding carboxylic acids is 2. The standard InChI is InChI=1S/C28H39N9O2/c1-6-31-26-22(19-33-28(35-26)34-23-14-13-21(18-29)24(30)17-23)11-8-7-9-15-32-27(39)20(2)37(5)25(38)12-10-16-36(3)4/h10,12-14,17-20,29H,6-7,9,15-16,30H2,1-5H3,(H,32,39)(H2,31,33,34,35)/b12-10+,29-18?/t20-/m0/s1. The van der Waals surface area contributed by atoms with Crippen LogP contribution >= 0.6 is 0 Å². The van der Waals surface area contributed by atoms with Gasteiger partial charge in [-0.3, -0.25) is 9.59 Å². The summed E-state index contributed by atoms with van der Waals surface area (Å²) in [7, 11) is 5.45. The first-order chi connectivity index (χ1) is 18.7. The molecule has 39 heavy (non-hydrogen) atoms. The summed E-state index contributed by atoms with van der Waals surface area (Å²) in [5, 5.41) is 16.5. The lowest BCUT2D eigenvalue weighted by atomic mass is 10.2. The number of likely N-dealkylation sites (N-methyl/N-ethyl adjacent to an activating group) is 2. The Morgan fingerprint density at radius 1 is 1.26 bits per heavy atom. The fourth-order valence-corrected chi connectivity index (χ4v) is 3.29. The lowest BCUT2D eigenvalue weighted by Gasteiger charge is -2.23. The van der Waals surface area contributed by atoms with E-state index in [4.69, 9.17) is 11.1 Å². The average molecular weight is 534 g/mol. The van der Waals surface area contributed by atoms with E-state index in [2.05, 4.69) is 37.8 Å². The summed E-state index contributed by atoms with van der Waals surface area (Å²) in [6, 6.07) is 4.70. The highest BCUT2D eigenvalue weighted by atomic mass is 16.2. The van der Waals surface area contributed by atoms with E-state index >= 15 is 0 Å². The number of rotatable bonds is 13. The van der Waals surface area contributed by atoms with Crippen LogP contribution in [0.4, 0.5) is 23.1 Å². The Kier molecular flexibility index (Phi) is 12.4. The van der Waals surface area contributed by atoms with Gasteiger partial charge < -0.3 is 36.9 Å². The molecule has 0 spiro atoms. The van der Waals surface area contributed by atoms with Crippen molar-refractivity contribution >= 4 is 41.2 Å². The third kappa shape index (κ3) is 10.1. The van der Waals surface area contributed by atoms with Gasteiger partial charge in [0.25, 0.3) is 0 Å². The molecular weight excluding hydrogens is 494 g/mol. The molecule has 1 aromatic carbocycles. The number of amides is 2. The highest BCUT2D eigenvalue weighted by Gasteiger charge is 2.20. The number of nitrogens with zero attached hydrogens (tertiary/aromatic N) is 4. The highest BCUT2D eigenvalue weighted by molar-refractivity contribution is 5.92. The summed E-state index contributed by atoms with van der Waals surface area (Å²) in [5.74, 6) is 6.79. The van der Waals surface area contributed by atoms with Gasteiger partial charge in [0, 0.05) is 62.3 Å². The van der Waals surface area contributed by atoms with E-state index in [0.717, 1.165) is 0 Å². The summed E-state index contributed by atoms with van der Waals surface area (Å²) in [5.41, 5.74) is 8.46. The van der Waals surface area contributed by atoms with E-state index in [1.807, 2.05) is 25.9 Å². The molecule has 0 bridgehead atoms. The molecule has 11 nitrogen and oxygen atoms in total. The zero-order valence-electron chi connectivity index (χ0n) is 23.3. The van der Waals surface area contributed by atoms with E-state index < -0.39 is 6.04 Å². The van der Waals surface area contributed by atoms with Crippen LogP contribution in [0.5, 0.6) is 0 Å². The minimum absolute atomic E-state index is 0.208. The first-order valence-corrected chi connectivity index (χ1v) is 12.8. The van der Waals surface area contributed by atoms with Crippen LogP contribution in [-0.2, 0) is 9.59 Å². The van der Waals surface area contributed by atoms with Crippen LogP contribution in [0.3, 0.4) is 0 Å². The Hall–Kier alpha value is -4.43. The van der Waals surface area contributed by atoms with Crippen LogP contribution in [0, 0.1) is 17.3 Å². The molecule has 1 heterocycles. The second-order valence-corrected chi connectivity index (χ2v) is 9.09. The second kappa shape index (κ2) is 15.7. The zero-order chi connectivity index (χ0) is 28.8. The van der Waals surface area contributed by atoms with Crippen LogP contribution in [0.25, 0.3) is 0 Å². The van der Waals surface area contributed by atoms with Gasteiger partial charge in [-0.2, -0.15) is 4.98 Å². The number of anilines is 4. The van der Waals surface area contributed by atoms with Gasteiger partial charge in [0.2, 0.25) is 17.8 Å². The molecule has 0 aliphatic carbocycles. The van der Waals surface area contributed by atoms with Crippen molar-refractivity contribution in [1.29, 1.82) is 5.41 Å². The molecule has 1 aromatic heterocycles. The smallest absolute Gasteiger partial charge is 0.246 e. The van der Waals surface area contributed by atoms with Crippen LogP contribution in [0.15, 0.2) is 36.5 Å². The first kappa shape index (κ1) is 30.8. The first-order valence-electron chi connectivity index (χ1n) is 12.8. The van der Waals surface area contributed by atoms with Crippen molar-refractivity contribution in [3.8, 4) is 11.8 Å². The SMILES string of the molecule is CCNc1nc(Nc2ccc(C=N)c(N)c2)ncc1C#CCCCNC(=O)[C@H](C)N(C)C(=O)/C=C/CN(C)C. The number of hydrogen-bond acceptors (Lipinski definition) is 9. The Balaban J connectivity index is 1.88. The summed E-state index contributed by atoms with van der Waals surface area (Å²) < 4.78 is 0. The monoisotopic (exact) mass is 533 g/mol. The van der Waals surface area contributed by atoms with Crippen LogP contribution in [0.2, 0.25) is 0 Å². The van der Waals surface area contributed by atoms with E-state index in [1.54, 1.807) is 44.4 Å². The molecule has 6 N–H and O–H groups in total. The topological polar surface area (TPSA) is 152 Å². The van der Waals surface area contributed by atoms with Crippen LogP contribution < -0.4 is 21.7 Å². The fourth-order valence-electron chi connectivity index (χ4n) is 3.29. The molecule has 0 unspecified atom stereocenters. The Morgan fingerprint density at radius 2 is 2.03 bits per heavy atom. The molecule has 0 fully saturated rings. The Labute approximate surface area is 230 Å². The molecule has 0 saturated carbocycles. The van der Waals surface area contributed by atoms with Crippen LogP contribution in [-0.4, -0.2) is 84.6 Å². The van der Waals surface area contributed by atoms with E-state index in [0.29, 0.717) is 66.7 Å². The maximum absolute atomic E-state index is 12.4. The van der Waals surface area contributed by atoms with E-state index in [1.165, 1.54) is 17.2 Å². The van der Waals surface area contributed by atoms with E-state index in [-0.39, 0.29) is 11.8 Å².